The summed E-state index contributed by atoms with van der Waals surface area (Å²) in [6.45, 7) is 3.79. The number of piperidine rings is 1. The third kappa shape index (κ3) is 3.01. The number of carbonyl (C=O) groups is 1. The zero-order chi connectivity index (χ0) is 13.9. The molecule has 0 amide bonds. The highest BCUT2D eigenvalue weighted by Gasteiger charge is 2.31. The van der Waals surface area contributed by atoms with Crippen molar-refractivity contribution in [2.24, 2.45) is 0 Å². The van der Waals surface area contributed by atoms with Crippen LogP contribution >= 0.6 is 0 Å². The Morgan fingerprint density at radius 1 is 1.37 bits per heavy atom. The molecule has 2 heterocycles. The third-order valence-electron chi connectivity index (χ3n) is 3.51. The van der Waals surface area contributed by atoms with Gasteiger partial charge in [0.05, 0.1) is 25.1 Å². The van der Waals surface area contributed by atoms with Crippen molar-refractivity contribution < 1.29 is 14.3 Å². The maximum absolute atomic E-state index is 11.3. The highest BCUT2D eigenvalue weighted by atomic mass is 16.5. The molecule has 1 atom stereocenters. The summed E-state index contributed by atoms with van der Waals surface area (Å²) < 4.78 is 10.1. The Labute approximate surface area is 112 Å². The molecule has 1 aliphatic heterocycles. The highest BCUT2D eigenvalue weighted by Crippen LogP contribution is 2.26. The van der Waals surface area contributed by atoms with Gasteiger partial charge in [-0.25, -0.2) is 14.8 Å². The monoisotopic (exact) mass is 265 g/mol. The molecule has 1 aliphatic rings. The lowest BCUT2D eigenvalue weighted by atomic mass is 9.95. The summed E-state index contributed by atoms with van der Waals surface area (Å²) in [5.41, 5.74) is 0.0683. The summed E-state index contributed by atoms with van der Waals surface area (Å²) in [7, 11) is 3.06. The first kappa shape index (κ1) is 13.7. The van der Waals surface area contributed by atoms with Crippen LogP contribution in [0, 0.1) is 0 Å². The predicted octanol–water partition coefficient (Wildman–Crippen LogP) is 1.27. The minimum atomic E-state index is -0.473. The summed E-state index contributed by atoms with van der Waals surface area (Å²) in [5.74, 6) is 0.287. The van der Waals surface area contributed by atoms with Gasteiger partial charge in [-0.2, -0.15) is 0 Å². The quantitative estimate of drug-likeness (QED) is 0.767. The molecule has 104 valence electrons. The summed E-state index contributed by atoms with van der Waals surface area (Å²) in [6.07, 6.45) is 5.13. The maximum Gasteiger partial charge on any atom is 0.358 e. The molecule has 0 aliphatic carbocycles. The Bertz CT molecular complexity index is 449. The van der Waals surface area contributed by atoms with E-state index >= 15 is 0 Å². The lowest BCUT2D eigenvalue weighted by Crippen LogP contribution is -2.47. The van der Waals surface area contributed by atoms with Crippen LogP contribution in [0.1, 0.15) is 30.3 Å². The first-order valence-corrected chi connectivity index (χ1v) is 6.28. The Hall–Kier alpha value is -1.69. The van der Waals surface area contributed by atoms with E-state index in [0.717, 1.165) is 31.7 Å². The molecule has 0 N–H and O–H groups in total. The zero-order valence-corrected chi connectivity index (χ0v) is 11.5. The molecule has 6 nitrogen and oxygen atoms in total. The first-order chi connectivity index (χ1) is 9.08. The second-order valence-corrected chi connectivity index (χ2v) is 4.93. The summed E-state index contributed by atoms with van der Waals surface area (Å²) in [4.78, 5) is 21.8. The second-order valence-electron chi connectivity index (χ2n) is 4.93. The van der Waals surface area contributed by atoms with Gasteiger partial charge in [-0.05, 0) is 19.8 Å². The van der Waals surface area contributed by atoms with Gasteiger partial charge in [0.25, 0.3) is 0 Å². The summed E-state index contributed by atoms with van der Waals surface area (Å²) >= 11 is 0. The van der Waals surface area contributed by atoms with Crippen molar-refractivity contribution in [3.8, 4) is 0 Å². The maximum atomic E-state index is 11.3. The molecule has 1 aromatic heterocycles. The van der Waals surface area contributed by atoms with Crippen LogP contribution in [0.2, 0.25) is 0 Å². The molecule has 1 aromatic rings. The molecule has 1 unspecified atom stereocenters. The number of esters is 1. The van der Waals surface area contributed by atoms with Crippen LogP contribution in [0.5, 0.6) is 0 Å². The number of nitrogens with zero attached hydrogens (tertiary/aromatic N) is 3. The topological polar surface area (TPSA) is 64.5 Å². The molecule has 2 rings (SSSR count). The van der Waals surface area contributed by atoms with Gasteiger partial charge in [0, 0.05) is 20.2 Å². The Balaban J connectivity index is 2.12. The number of anilines is 1. The predicted molar refractivity (Wildman–Crippen MR) is 70.2 cm³/mol. The normalized spacial score (nSPS) is 23.2. The molecule has 0 saturated carbocycles. The van der Waals surface area contributed by atoms with E-state index in [1.54, 1.807) is 13.3 Å². The molecule has 6 heteroatoms. The van der Waals surface area contributed by atoms with Crippen molar-refractivity contribution in [2.45, 2.75) is 25.4 Å². The van der Waals surface area contributed by atoms with Crippen molar-refractivity contribution in [1.29, 1.82) is 0 Å². The van der Waals surface area contributed by atoms with Crippen molar-refractivity contribution in [3.63, 3.8) is 0 Å². The van der Waals surface area contributed by atoms with Crippen LogP contribution < -0.4 is 4.90 Å². The third-order valence-corrected chi connectivity index (χ3v) is 3.51. The SMILES string of the molecule is COC(=O)c1cnc(N2CCCC(C)(OC)C2)cn1. The Morgan fingerprint density at radius 3 is 2.74 bits per heavy atom. The van der Waals surface area contributed by atoms with Gasteiger partial charge in [0.15, 0.2) is 5.69 Å². The van der Waals surface area contributed by atoms with Crippen molar-refractivity contribution >= 4 is 11.8 Å². The number of hydrogen-bond acceptors (Lipinski definition) is 6. The van der Waals surface area contributed by atoms with Gasteiger partial charge in [0.2, 0.25) is 0 Å². The molecule has 19 heavy (non-hydrogen) atoms. The molecular weight excluding hydrogens is 246 g/mol. The van der Waals surface area contributed by atoms with Crippen LogP contribution in [-0.4, -0.2) is 48.8 Å². The first-order valence-electron chi connectivity index (χ1n) is 6.28. The molecule has 1 saturated heterocycles. The van der Waals surface area contributed by atoms with Gasteiger partial charge in [0.1, 0.15) is 5.82 Å². The summed E-state index contributed by atoms with van der Waals surface area (Å²) in [6, 6.07) is 0. The van der Waals surface area contributed by atoms with Crippen molar-refractivity contribution in [2.75, 3.05) is 32.2 Å². The smallest absolute Gasteiger partial charge is 0.358 e. The fourth-order valence-electron chi connectivity index (χ4n) is 2.26. The number of methoxy groups -OCH3 is 2. The van der Waals surface area contributed by atoms with Crippen LogP contribution in [0.3, 0.4) is 0 Å². The van der Waals surface area contributed by atoms with Gasteiger partial charge in [-0.3, -0.25) is 0 Å². The standard InChI is InChI=1S/C13H19N3O3/c1-13(19-3)5-4-6-16(9-13)11-8-14-10(7-15-11)12(17)18-2/h7-8H,4-6,9H2,1-3H3. The molecule has 0 radical (unpaired) electrons. The Kier molecular flexibility index (Phi) is 3.99. The number of carbonyl (C=O) groups excluding carboxylic acids is 1. The zero-order valence-electron chi connectivity index (χ0n) is 11.5. The van der Waals surface area contributed by atoms with Crippen LogP contribution in [0.4, 0.5) is 5.82 Å². The van der Waals surface area contributed by atoms with E-state index in [9.17, 15) is 4.79 Å². The molecule has 0 aromatic carbocycles. The van der Waals surface area contributed by atoms with Gasteiger partial charge in [-0.1, -0.05) is 0 Å². The largest absolute Gasteiger partial charge is 0.464 e. The fourth-order valence-corrected chi connectivity index (χ4v) is 2.26. The van der Waals surface area contributed by atoms with E-state index in [2.05, 4.69) is 26.5 Å². The lowest BCUT2D eigenvalue weighted by Gasteiger charge is -2.39. The van der Waals surface area contributed by atoms with Gasteiger partial charge in [-0.15, -0.1) is 0 Å². The minimum absolute atomic E-state index is 0.152. The molecule has 0 bridgehead atoms. The summed E-state index contributed by atoms with van der Waals surface area (Å²) in [5, 5.41) is 0. The highest BCUT2D eigenvalue weighted by molar-refractivity contribution is 5.86. The molecule has 0 spiro atoms. The molecular formula is C13H19N3O3. The van der Waals surface area contributed by atoms with E-state index in [1.807, 2.05) is 0 Å². The van der Waals surface area contributed by atoms with E-state index < -0.39 is 5.97 Å². The van der Waals surface area contributed by atoms with Gasteiger partial charge >= 0.3 is 5.97 Å². The number of ether oxygens (including phenoxy) is 2. The van der Waals surface area contributed by atoms with E-state index in [-0.39, 0.29) is 11.3 Å². The average Bonchev–Trinajstić information content (AvgIpc) is 2.46. The second kappa shape index (κ2) is 5.52. The number of rotatable bonds is 3. The van der Waals surface area contributed by atoms with Crippen molar-refractivity contribution in [1.82, 2.24) is 9.97 Å². The van der Waals surface area contributed by atoms with E-state index in [1.165, 1.54) is 13.3 Å². The van der Waals surface area contributed by atoms with Crippen LogP contribution in [0.15, 0.2) is 12.4 Å². The van der Waals surface area contributed by atoms with Crippen LogP contribution in [-0.2, 0) is 9.47 Å². The Morgan fingerprint density at radius 2 is 2.16 bits per heavy atom. The van der Waals surface area contributed by atoms with E-state index in [4.69, 9.17) is 4.74 Å². The minimum Gasteiger partial charge on any atom is -0.464 e. The van der Waals surface area contributed by atoms with E-state index in [0.29, 0.717) is 0 Å². The average molecular weight is 265 g/mol. The van der Waals surface area contributed by atoms with Crippen molar-refractivity contribution in [3.05, 3.63) is 18.1 Å². The lowest BCUT2D eigenvalue weighted by molar-refractivity contribution is -0.00483. The molecule has 1 fully saturated rings. The number of aromatic nitrogens is 2. The van der Waals surface area contributed by atoms with Crippen LogP contribution in [0.25, 0.3) is 0 Å². The fraction of sp³-hybridized carbons (Fsp3) is 0.615. The van der Waals surface area contributed by atoms with Gasteiger partial charge < -0.3 is 14.4 Å². The number of hydrogen-bond donors (Lipinski definition) is 0.